The molecular formula is C24H37N3O4. The molecule has 0 radical (unpaired) electrons. The molecule has 1 aromatic heterocycles. The normalized spacial score (nSPS) is 33.8. The van der Waals surface area contributed by atoms with Crippen molar-refractivity contribution >= 4 is 11.8 Å². The molecular weight excluding hydrogens is 394 g/mol. The molecule has 1 heterocycles. The summed E-state index contributed by atoms with van der Waals surface area (Å²) in [5, 5.41) is 17.5. The predicted molar refractivity (Wildman–Crippen MR) is 118 cm³/mol. The maximum absolute atomic E-state index is 12.8. The fraction of sp³-hybridized carbons (Fsp3) is 0.708. The van der Waals surface area contributed by atoms with E-state index in [1.165, 1.54) is 7.11 Å². The number of amides is 2. The van der Waals surface area contributed by atoms with Crippen LogP contribution in [0, 0.1) is 29.1 Å². The monoisotopic (exact) mass is 431 g/mol. The number of carbonyl (C=O) groups excluding carboxylic acids is 2. The van der Waals surface area contributed by atoms with Crippen LogP contribution in [0.4, 0.5) is 0 Å². The van der Waals surface area contributed by atoms with Gasteiger partial charge in [-0.1, -0.05) is 26.8 Å². The van der Waals surface area contributed by atoms with Crippen molar-refractivity contribution < 1.29 is 19.4 Å². The minimum atomic E-state index is -0.577. The van der Waals surface area contributed by atoms with Gasteiger partial charge in [0.2, 0.25) is 11.8 Å². The molecule has 0 bridgehead atoms. The zero-order chi connectivity index (χ0) is 22.6. The number of aromatic nitrogens is 1. The van der Waals surface area contributed by atoms with Crippen molar-refractivity contribution in [3.8, 4) is 0 Å². The summed E-state index contributed by atoms with van der Waals surface area (Å²) in [6, 6.07) is 5.64. The molecule has 0 spiro atoms. The molecule has 0 unspecified atom stereocenters. The number of ether oxygens (including phenoxy) is 1. The van der Waals surface area contributed by atoms with E-state index in [9.17, 15) is 14.7 Å². The van der Waals surface area contributed by atoms with Gasteiger partial charge in [0.1, 0.15) is 6.61 Å². The van der Waals surface area contributed by atoms with Crippen molar-refractivity contribution in [2.75, 3.05) is 13.7 Å². The van der Waals surface area contributed by atoms with Crippen molar-refractivity contribution in [3.05, 3.63) is 30.1 Å². The lowest BCUT2D eigenvalue weighted by Crippen LogP contribution is -2.58. The molecule has 0 aliphatic heterocycles. The summed E-state index contributed by atoms with van der Waals surface area (Å²) >= 11 is 0. The van der Waals surface area contributed by atoms with Crippen molar-refractivity contribution in [2.24, 2.45) is 29.1 Å². The van der Waals surface area contributed by atoms with E-state index in [-0.39, 0.29) is 53.5 Å². The third-order valence-electron chi connectivity index (χ3n) is 7.74. The van der Waals surface area contributed by atoms with Gasteiger partial charge in [0.05, 0.1) is 18.3 Å². The van der Waals surface area contributed by atoms with Crippen LogP contribution in [0.1, 0.15) is 52.1 Å². The van der Waals surface area contributed by atoms with Gasteiger partial charge >= 0.3 is 0 Å². The van der Waals surface area contributed by atoms with Crippen LogP contribution in [0.15, 0.2) is 24.4 Å². The van der Waals surface area contributed by atoms with Gasteiger partial charge in [-0.15, -0.1) is 0 Å². The van der Waals surface area contributed by atoms with Gasteiger partial charge in [-0.3, -0.25) is 14.6 Å². The van der Waals surface area contributed by atoms with E-state index in [1.807, 2.05) is 25.1 Å². The molecule has 2 aliphatic rings. The average Bonchev–Trinajstić information content (AvgIpc) is 2.75. The first-order valence-corrected chi connectivity index (χ1v) is 11.4. The molecule has 1 aromatic rings. The maximum atomic E-state index is 12.8. The smallest absolute Gasteiger partial charge is 0.246 e. The van der Waals surface area contributed by atoms with Crippen LogP contribution in [-0.2, 0) is 20.9 Å². The molecule has 3 rings (SSSR count). The Morgan fingerprint density at radius 3 is 2.74 bits per heavy atom. The highest BCUT2D eigenvalue weighted by Gasteiger charge is 2.53. The summed E-state index contributed by atoms with van der Waals surface area (Å²) in [6.45, 7) is 6.72. The van der Waals surface area contributed by atoms with E-state index in [4.69, 9.17) is 4.74 Å². The number of carbonyl (C=O) groups is 2. The second kappa shape index (κ2) is 10.1. The number of nitrogens with one attached hydrogen (secondary N) is 2. The number of aliphatic hydroxyl groups is 1. The lowest BCUT2D eigenvalue weighted by atomic mass is 9.51. The maximum Gasteiger partial charge on any atom is 0.246 e. The molecule has 0 saturated heterocycles. The number of hydrogen-bond acceptors (Lipinski definition) is 5. The minimum Gasteiger partial charge on any atom is -0.392 e. The van der Waals surface area contributed by atoms with Crippen LogP contribution in [-0.4, -0.2) is 47.8 Å². The Balaban J connectivity index is 1.66. The second-order valence-electron chi connectivity index (χ2n) is 9.71. The number of fused-ring (bicyclic) bond motifs is 1. The Morgan fingerprint density at radius 2 is 2.06 bits per heavy atom. The Hall–Kier alpha value is -1.99. The molecule has 2 fully saturated rings. The topological polar surface area (TPSA) is 101 Å². The lowest BCUT2D eigenvalue weighted by molar-refractivity contribution is -0.144. The van der Waals surface area contributed by atoms with Crippen molar-refractivity contribution in [2.45, 2.75) is 65.1 Å². The summed E-state index contributed by atoms with van der Waals surface area (Å²) < 4.78 is 4.95. The van der Waals surface area contributed by atoms with Crippen molar-refractivity contribution in [3.63, 3.8) is 0 Å². The average molecular weight is 432 g/mol. The van der Waals surface area contributed by atoms with Crippen LogP contribution in [0.2, 0.25) is 0 Å². The highest BCUT2D eigenvalue weighted by molar-refractivity contribution is 5.78. The van der Waals surface area contributed by atoms with Crippen LogP contribution >= 0.6 is 0 Å². The molecule has 172 valence electrons. The minimum absolute atomic E-state index is 0.0161. The predicted octanol–water partition coefficient (Wildman–Crippen LogP) is 2.29. The summed E-state index contributed by atoms with van der Waals surface area (Å²) in [4.78, 5) is 29.2. The van der Waals surface area contributed by atoms with Crippen LogP contribution in [0.3, 0.4) is 0 Å². The Bertz CT molecular complexity index is 758. The van der Waals surface area contributed by atoms with Gasteiger partial charge in [-0.25, -0.2) is 0 Å². The van der Waals surface area contributed by atoms with Crippen LogP contribution in [0.5, 0.6) is 0 Å². The first kappa shape index (κ1) is 23.7. The molecule has 3 N–H and O–H groups in total. The number of aliphatic hydroxyl groups excluding tert-OH is 1. The zero-order valence-corrected chi connectivity index (χ0v) is 19.1. The Morgan fingerprint density at radius 1 is 1.32 bits per heavy atom. The highest BCUT2D eigenvalue weighted by atomic mass is 16.5. The molecule has 2 aliphatic carbocycles. The van der Waals surface area contributed by atoms with Crippen molar-refractivity contribution in [1.29, 1.82) is 0 Å². The number of hydrogen-bond donors (Lipinski definition) is 3. The number of rotatable bonds is 7. The van der Waals surface area contributed by atoms with Gasteiger partial charge in [-0.05, 0) is 61.0 Å². The third kappa shape index (κ3) is 5.26. The van der Waals surface area contributed by atoms with Gasteiger partial charge < -0.3 is 20.5 Å². The molecule has 2 amide bonds. The number of methoxy groups -OCH3 is 1. The SMILES string of the molecule is COCC(=O)N[C@H]1CC[C@]2(C)CC[C@H]([C@H](C)C(=O)NCc3ccccn3)[C@H](O)[C@H]2[C@@H]1C. The fourth-order valence-corrected chi connectivity index (χ4v) is 5.91. The molecule has 2 saturated carbocycles. The highest BCUT2D eigenvalue weighted by Crippen LogP contribution is 2.55. The first-order valence-electron chi connectivity index (χ1n) is 11.4. The molecule has 31 heavy (non-hydrogen) atoms. The van der Waals surface area contributed by atoms with E-state index in [2.05, 4.69) is 29.5 Å². The van der Waals surface area contributed by atoms with Gasteiger partial charge in [-0.2, -0.15) is 0 Å². The van der Waals surface area contributed by atoms with Crippen LogP contribution < -0.4 is 10.6 Å². The lowest BCUT2D eigenvalue weighted by Gasteiger charge is -2.56. The number of pyridine rings is 1. The van der Waals surface area contributed by atoms with Gasteiger partial charge in [0, 0.05) is 25.3 Å². The van der Waals surface area contributed by atoms with E-state index in [0.717, 1.165) is 31.4 Å². The fourth-order valence-electron chi connectivity index (χ4n) is 5.91. The van der Waals surface area contributed by atoms with E-state index in [0.29, 0.717) is 6.54 Å². The summed E-state index contributed by atoms with van der Waals surface area (Å²) in [5.74, 6) is -0.393. The molecule has 7 atom stereocenters. The second-order valence-corrected chi connectivity index (χ2v) is 9.71. The number of nitrogens with zero attached hydrogens (tertiary/aromatic N) is 1. The summed E-state index contributed by atoms with van der Waals surface area (Å²) in [6.07, 6.45) is 4.82. The third-order valence-corrected chi connectivity index (χ3v) is 7.74. The van der Waals surface area contributed by atoms with Gasteiger partial charge in [0.15, 0.2) is 0 Å². The summed E-state index contributed by atoms with van der Waals surface area (Å²) in [7, 11) is 1.51. The van der Waals surface area contributed by atoms with Crippen LogP contribution in [0.25, 0.3) is 0 Å². The van der Waals surface area contributed by atoms with E-state index >= 15 is 0 Å². The summed E-state index contributed by atoms with van der Waals surface area (Å²) in [5.41, 5.74) is 0.845. The standard InChI is InChI=1S/C24H37N3O4/c1-15(23(30)26-13-17-7-5-6-12-25-17)18-8-10-24(3)11-9-19(27-20(28)14-31-4)16(2)21(24)22(18)29/h5-7,12,15-16,18-19,21-22,29H,8-11,13-14H2,1-4H3,(H,26,30)(H,27,28)/t15-,16+,18+,19-,21+,22-,24-/m0/s1. The Labute approximate surface area is 185 Å². The van der Waals surface area contributed by atoms with Crippen molar-refractivity contribution in [1.82, 2.24) is 15.6 Å². The largest absolute Gasteiger partial charge is 0.392 e. The molecule has 0 aromatic carbocycles. The van der Waals surface area contributed by atoms with E-state index in [1.54, 1.807) is 6.20 Å². The molecule has 7 heteroatoms. The Kier molecular flexibility index (Phi) is 7.70. The first-order chi connectivity index (χ1) is 14.8. The van der Waals surface area contributed by atoms with E-state index < -0.39 is 6.10 Å². The zero-order valence-electron chi connectivity index (χ0n) is 19.1. The quantitative estimate of drug-likeness (QED) is 0.615. The van der Waals surface area contributed by atoms with Gasteiger partial charge in [0.25, 0.3) is 0 Å². The molecule has 7 nitrogen and oxygen atoms in total.